The third-order valence-corrected chi connectivity index (χ3v) is 3.22. The Bertz CT molecular complexity index is 280. The molecule has 0 atom stereocenters. The highest BCUT2D eigenvalue weighted by atomic mass is 19.4. The topological polar surface area (TPSA) is 47.6 Å². The van der Waals surface area contributed by atoms with Gasteiger partial charge in [-0.25, -0.2) is 4.99 Å². The van der Waals surface area contributed by atoms with Gasteiger partial charge in [-0.1, -0.05) is 0 Å². The molecule has 86 valence electrons. The molecular weight excluding hydrogens is 209 g/mol. The fraction of sp³-hybridized carbons (Fsp3) is 0.889. The number of nitrogens with zero attached hydrogens (tertiary/aromatic N) is 1. The minimum Gasteiger partial charge on any atom is -0.463 e. The molecule has 0 saturated heterocycles. The lowest BCUT2D eigenvalue weighted by Crippen LogP contribution is -2.38. The Morgan fingerprint density at radius 2 is 1.93 bits per heavy atom. The predicted molar refractivity (Wildman–Crippen MR) is 48.3 cm³/mol. The quantitative estimate of drug-likeness (QED) is 0.679. The van der Waals surface area contributed by atoms with Crippen molar-refractivity contribution in [3.63, 3.8) is 0 Å². The van der Waals surface area contributed by atoms with Gasteiger partial charge < -0.3 is 10.5 Å². The molecule has 0 amide bonds. The summed E-state index contributed by atoms with van der Waals surface area (Å²) in [5.41, 5.74) is 4.90. The van der Waals surface area contributed by atoms with Gasteiger partial charge >= 0.3 is 6.18 Å². The van der Waals surface area contributed by atoms with Gasteiger partial charge in [0.05, 0.1) is 5.92 Å². The van der Waals surface area contributed by atoms with Crippen molar-refractivity contribution in [2.24, 2.45) is 16.6 Å². The Kier molecular flexibility index (Phi) is 2.31. The van der Waals surface area contributed by atoms with Gasteiger partial charge in [0.25, 0.3) is 6.02 Å². The molecule has 1 aliphatic heterocycles. The Morgan fingerprint density at radius 1 is 1.33 bits per heavy atom. The van der Waals surface area contributed by atoms with E-state index in [9.17, 15) is 13.2 Å². The third kappa shape index (κ3) is 2.03. The van der Waals surface area contributed by atoms with E-state index in [1.807, 2.05) is 0 Å². The zero-order valence-corrected chi connectivity index (χ0v) is 8.18. The average Bonchev–Trinajstić information content (AvgIpc) is 2.47. The summed E-state index contributed by atoms with van der Waals surface area (Å²) in [6.07, 6.45) is -2.99. The largest absolute Gasteiger partial charge is 0.463 e. The van der Waals surface area contributed by atoms with Crippen molar-refractivity contribution in [3.05, 3.63) is 0 Å². The van der Waals surface area contributed by atoms with Gasteiger partial charge in [0.2, 0.25) is 0 Å². The number of hydrogen-bond donors (Lipinski definition) is 1. The van der Waals surface area contributed by atoms with Gasteiger partial charge in [-0.3, -0.25) is 0 Å². The van der Waals surface area contributed by atoms with E-state index in [1.54, 1.807) is 0 Å². The number of nitrogens with two attached hydrogens (primary N) is 1. The van der Waals surface area contributed by atoms with E-state index in [1.165, 1.54) is 0 Å². The lowest BCUT2D eigenvalue weighted by molar-refractivity contribution is -0.184. The van der Waals surface area contributed by atoms with Gasteiger partial charge in [-0.2, -0.15) is 13.2 Å². The van der Waals surface area contributed by atoms with E-state index in [-0.39, 0.29) is 18.9 Å². The van der Waals surface area contributed by atoms with Crippen molar-refractivity contribution in [1.82, 2.24) is 0 Å². The number of alkyl halides is 3. The summed E-state index contributed by atoms with van der Waals surface area (Å²) in [7, 11) is 0. The summed E-state index contributed by atoms with van der Waals surface area (Å²) in [6, 6.07) is 0.112. The van der Waals surface area contributed by atoms with Crippen LogP contribution in [0, 0.1) is 5.92 Å². The van der Waals surface area contributed by atoms with Crippen LogP contribution < -0.4 is 5.73 Å². The Morgan fingerprint density at radius 3 is 2.33 bits per heavy atom. The molecule has 2 aliphatic rings. The number of aliphatic imine (C=N–C) groups is 1. The fourth-order valence-corrected chi connectivity index (χ4v) is 2.25. The highest BCUT2D eigenvalue weighted by molar-refractivity contribution is 5.73. The second kappa shape index (κ2) is 3.28. The Labute approximate surface area is 85.5 Å². The van der Waals surface area contributed by atoms with Crippen LogP contribution in [0.5, 0.6) is 0 Å². The van der Waals surface area contributed by atoms with Crippen LogP contribution in [0.25, 0.3) is 0 Å². The van der Waals surface area contributed by atoms with Crippen molar-refractivity contribution in [2.75, 3.05) is 6.61 Å². The monoisotopic (exact) mass is 222 g/mol. The molecule has 15 heavy (non-hydrogen) atoms. The average molecular weight is 222 g/mol. The maximum Gasteiger partial charge on any atom is 0.391 e. The molecule has 1 heterocycles. The van der Waals surface area contributed by atoms with Gasteiger partial charge in [-0.15, -0.1) is 0 Å². The molecule has 0 unspecified atom stereocenters. The van der Waals surface area contributed by atoms with Crippen LogP contribution >= 0.6 is 0 Å². The van der Waals surface area contributed by atoms with E-state index >= 15 is 0 Å². The third-order valence-electron chi connectivity index (χ3n) is 3.22. The van der Waals surface area contributed by atoms with Crippen molar-refractivity contribution >= 4 is 6.02 Å². The lowest BCUT2D eigenvalue weighted by atomic mass is 9.77. The van der Waals surface area contributed by atoms with Crippen LogP contribution in [0.3, 0.4) is 0 Å². The van der Waals surface area contributed by atoms with E-state index in [2.05, 4.69) is 4.99 Å². The molecule has 3 nitrogen and oxygen atoms in total. The summed E-state index contributed by atoms with van der Waals surface area (Å²) < 4.78 is 42.2. The Balaban J connectivity index is 1.98. The van der Waals surface area contributed by atoms with Crippen molar-refractivity contribution in [3.8, 4) is 0 Å². The molecular formula is C9H13F3N2O. The van der Waals surface area contributed by atoms with E-state index in [4.69, 9.17) is 10.5 Å². The van der Waals surface area contributed by atoms with Crippen LogP contribution in [0.2, 0.25) is 0 Å². The number of rotatable bonds is 0. The predicted octanol–water partition coefficient (Wildman–Crippen LogP) is 1.82. The summed E-state index contributed by atoms with van der Waals surface area (Å²) in [6.45, 7) is 0.337. The number of halogens is 3. The number of ether oxygens (including phenoxy) is 1. The maximum absolute atomic E-state index is 12.4. The molecule has 0 aromatic heterocycles. The van der Waals surface area contributed by atoms with Crippen molar-refractivity contribution in [1.29, 1.82) is 0 Å². The maximum atomic E-state index is 12.4. The van der Waals surface area contributed by atoms with E-state index < -0.39 is 17.6 Å². The molecule has 2 rings (SSSR count). The first-order chi connectivity index (χ1) is 6.91. The van der Waals surface area contributed by atoms with E-state index in [0.29, 0.717) is 19.4 Å². The number of amidine groups is 1. The summed E-state index contributed by atoms with van der Waals surface area (Å²) in [4.78, 5) is 4.10. The second-order valence-corrected chi connectivity index (χ2v) is 4.28. The van der Waals surface area contributed by atoms with Crippen LogP contribution in [-0.4, -0.2) is 24.3 Å². The first kappa shape index (κ1) is 10.6. The molecule has 1 aliphatic carbocycles. The Hall–Kier alpha value is -0.940. The van der Waals surface area contributed by atoms with Crippen LogP contribution in [-0.2, 0) is 4.74 Å². The molecule has 2 N–H and O–H groups in total. The zero-order chi connectivity index (χ0) is 11.1. The molecule has 1 saturated carbocycles. The van der Waals surface area contributed by atoms with E-state index in [0.717, 1.165) is 0 Å². The molecule has 1 fully saturated rings. The molecule has 0 bridgehead atoms. The highest BCUT2D eigenvalue weighted by Gasteiger charge is 2.47. The van der Waals surface area contributed by atoms with Crippen LogP contribution in [0.1, 0.15) is 25.7 Å². The van der Waals surface area contributed by atoms with Gasteiger partial charge in [-0.05, 0) is 25.7 Å². The van der Waals surface area contributed by atoms with Crippen molar-refractivity contribution in [2.45, 2.75) is 37.4 Å². The molecule has 6 heteroatoms. The second-order valence-electron chi connectivity index (χ2n) is 4.28. The summed E-state index contributed by atoms with van der Waals surface area (Å²) in [5, 5.41) is 0. The molecule has 1 spiro atoms. The standard InChI is InChI=1S/C9H13F3N2O/c10-9(11,12)6-1-3-8(4-2-6)5-15-7(13)14-8/h6H,1-5H2,(H2,13,14). The minimum atomic E-state index is -4.07. The normalized spacial score (nSPS) is 36.5. The van der Waals surface area contributed by atoms with Crippen LogP contribution in [0.15, 0.2) is 4.99 Å². The van der Waals surface area contributed by atoms with Crippen LogP contribution in [0.4, 0.5) is 13.2 Å². The highest BCUT2D eigenvalue weighted by Crippen LogP contribution is 2.43. The van der Waals surface area contributed by atoms with Gasteiger partial charge in [0, 0.05) is 0 Å². The molecule has 0 radical (unpaired) electrons. The SMILES string of the molecule is NC1=NC2(CCC(C(F)(F)F)CC2)CO1. The first-order valence-electron chi connectivity index (χ1n) is 4.96. The van der Waals surface area contributed by atoms with Gasteiger partial charge in [0.1, 0.15) is 12.1 Å². The molecule has 0 aromatic rings. The number of hydrogen-bond acceptors (Lipinski definition) is 3. The lowest BCUT2D eigenvalue weighted by Gasteiger charge is -2.34. The molecule has 0 aromatic carbocycles. The van der Waals surface area contributed by atoms with Gasteiger partial charge in [0.15, 0.2) is 0 Å². The fourth-order valence-electron chi connectivity index (χ4n) is 2.25. The summed E-state index contributed by atoms with van der Waals surface area (Å²) in [5.74, 6) is -1.18. The van der Waals surface area contributed by atoms with Crippen molar-refractivity contribution < 1.29 is 17.9 Å². The minimum absolute atomic E-state index is 0.112. The zero-order valence-electron chi connectivity index (χ0n) is 8.18. The smallest absolute Gasteiger partial charge is 0.391 e. The summed E-state index contributed by atoms with van der Waals surface area (Å²) >= 11 is 0. The first-order valence-corrected chi connectivity index (χ1v) is 4.96.